The Balaban J connectivity index is 1.88. The second kappa shape index (κ2) is 7.31. The zero-order valence-electron chi connectivity index (χ0n) is 13.0. The Bertz CT molecular complexity index is 478. The second-order valence-electron chi connectivity index (χ2n) is 5.52. The summed E-state index contributed by atoms with van der Waals surface area (Å²) < 4.78 is 10.6. The number of nitrogens with one attached hydrogen (secondary N) is 1. The molecule has 2 rings (SSSR count). The van der Waals surface area contributed by atoms with Gasteiger partial charge >= 0.3 is 6.03 Å². The summed E-state index contributed by atoms with van der Waals surface area (Å²) in [4.78, 5) is 14.1. The normalized spacial score (nSPS) is 20.0. The van der Waals surface area contributed by atoms with E-state index >= 15 is 0 Å². The summed E-state index contributed by atoms with van der Waals surface area (Å²) in [5, 5.41) is 3.06. The van der Waals surface area contributed by atoms with Crippen LogP contribution in [0.25, 0.3) is 0 Å². The molecular weight excluding hydrogens is 268 g/mol. The van der Waals surface area contributed by atoms with Crippen molar-refractivity contribution in [3.05, 3.63) is 29.8 Å². The highest BCUT2D eigenvalue weighted by Gasteiger charge is 2.24. The maximum absolute atomic E-state index is 12.3. The van der Waals surface area contributed by atoms with Gasteiger partial charge in [0.25, 0.3) is 0 Å². The Hall–Kier alpha value is -1.75. The van der Waals surface area contributed by atoms with Crippen LogP contribution in [0.15, 0.2) is 24.3 Å². The molecule has 1 aromatic carbocycles. The average molecular weight is 292 g/mol. The molecule has 1 aliphatic rings. The molecule has 1 saturated heterocycles. The average Bonchev–Trinajstić information content (AvgIpc) is 2.47. The lowest BCUT2D eigenvalue weighted by atomic mass is 10.1. The highest BCUT2D eigenvalue weighted by molar-refractivity contribution is 5.75. The monoisotopic (exact) mass is 292 g/mol. The van der Waals surface area contributed by atoms with Crippen molar-refractivity contribution in [2.24, 2.45) is 0 Å². The van der Waals surface area contributed by atoms with Gasteiger partial charge in [-0.15, -0.1) is 0 Å². The fourth-order valence-electron chi connectivity index (χ4n) is 2.53. The number of rotatable bonds is 4. The summed E-state index contributed by atoms with van der Waals surface area (Å²) in [5.74, 6) is 0.841. The van der Waals surface area contributed by atoms with Crippen LogP contribution in [0.4, 0.5) is 4.79 Å². The van der Waals surface area contributed by atoms with Gasteiger partial charge in [0.15, 0.2) is 0 Å². The molecule has 1 heterocycles. The molecule has 5 heteroatoms. The molecule has 1 aliphatic heterocycles. The van der Waals surface area contributed by atoms with Gasteiger partial charge < -0.3 is 19.7 Å². The lowest BCUT2D eigenvalue weighted by Crippen LogP contribution is -2.53. The van der Waals surface area contributed by atoms with Crippen LogP contribution >= 0.6 is 0 Å². The maximum Gasteiger partial charge on any atom is 0.318 e. The van der Waals surface area contributed by atoms with E-state index in [1.54, 1.807) is 7.11 Å². The molecule has 1 N–H and O–H groups in total. The Morgan fingerprint density at radius 1 is 1.57 bits per heavy atom. The molecule has 0 radical (unpaired) electrons. The van der Waals surface area contributed by atoms with E-state index in [4.69, 9.17) is 9.47 Å². The molecule has 0 aromatic heterocycles. The molecule has 0 bridgehead atoms. The fraction of sp³-hybridized carbons (Fsp3) is 0.562. The first-order valence-corrected chi connectivity index (χ1v) is 7.38. The summed E-state index contributed by atoms with van der Waals surface area (Å²) in [6, 6.07) is 8.11. The van der Waals surface area contributed by atoms with Crippen molar-refractivity contribution < 1.29 is 14.3 Å². The molecule has 2 atom stereocenters. The van der Waals surface area contributed by atoms with Crippen LogP contribution in [0, 0.1) is 0 Å². The molecule has 5 nitrogen and oxygen atoms in total. The van der Waals surface area contributed by atoms with Crippen LogP contribution in [0.2, 0.25) is 0 Å². The van der Waals surface area contributed by atoms with E-state index in [-0.39, 0.29) is 18.1 Å². The van der Waals surface area contributed by atoms with E-state index in [2.05, 4.69) is 5.32 Å². The highest BCUT2D eigenvalue weighted by atomic mass is 16.5. The minimum atomic E-state index is -0.0128. The van der Waals surface area contributed by atoms with Crippen molar-refractivity contribution >= 4 is 6.03 Å². The van der Waals surface area contributed by atoms with Crippen molar-refractivity contribution in [1.29, 1.82) is 0 Å². The molecular formula is C16H24N2O3. The predicted octanol–water partition coefficient (Wildman–Crippen LogP) is 2.06. The van der Waals surface area contributed by atoms with Gasteiger partial charge in [0.05, 0.1) is 26.4 Å². The summed E-state index contributed by atoms with van der Waals surface area (Å²) in [6.07, 6.45) is 0.779. The van der Waals surface area contributed by atoms with Crippen molar-refractivity contribution in [2.45, 2.75) is 32.4 Å². The third kappa shape index (κ3) is 4.36. The molecule has 2 amide bonds. The number of urea groups is 1. The number of methoxy groups -OCH3 is 1. The Kier molecular flexibility index (Phi) is 5.44. The van der Waals surface area contributed by atoms with Crippen LogP contribution in [0.3, 0.4) is 0 Å². The molecule has 0 aliphatic carbocycles. The topological polar surface area (TPSA) is 50.8 Å². The summed E-state index contributed by atoms with van der Waals surface area (Å²) in [7, 11) is 1.66. The van der Waals surface area contributed by atoms with Crippen molar-refractivity contribution in [2.75, 3.05) is 26.9 Å². The van der Waals surface area contributed by atoms with Crippen molar-refractivity contribution in [3.63, 3.8) is 0 Å². The van der Waals surface area contributed by atoms with E-state index in [0.717, 1.165) is 17.7 Å². The third-order valence-corrected chi connectivity index (χ3v) is 3.67. The van der Waals surface area contributed by atoms with E-state index in [1.165, 1.54) is 0 Å². The second-order valence-corrected chi connectivity index (χ2v) is 5.52. The molecule has 0 unspecified atom stereocenters. The third-order valence-electron chi connectivity index (χ3n) is 3.67. The summed E-state index contributed by atoms with van der Waals surface area (Å²) >= 11 is 0. The fourth-order valence-corrected chi connectivity index (χ4v) is 2.53. The number of hydrogen-bond acceptors (Lipinski definition) is 3. The van der Waals surface area contributed by atoms with Crippen molar-refractivity contribution in [1.82, 2.24) is 10.2 Å². The number of carbonyl (C=O) groups excluding carboxylic acids is 1. The number of ether oxygens (including phenoxy) is 2. The summed E-state index contributed by atoms with van der Waals surface area (Å²) in [6.45, 7) is 5.90. The molecule has 21 heavy (non-hydrogen) atoms. The Morgan fingerprint density at radius 3 is 3.10 bits per heavy atom. The lowest BCUT2D eigenvalue weighted by molar-refractivity contribution is 0.0185. The minimum Gasteiger partial charge on any atom is -0.497 e. The van der Waals surface area contributed by atoms with Crippen LogP contribution < -0.4 is 10.1 Å². The first kappa shape index (κ1) is 15.6. The van der Waals surface area contributed by atoms with Gasteiger partial charge in [0.1, 0.15) is 5.75 Å². The van der Waals surface area contributed by atoms with Crippen LogP contribution in [0.1, 0.15) is 19.4 Å². The Labute approximate surface area is 126 Å². The molecule has 1 aromatic rings. The molecule has 0 saturated carbocycles. The first-order valence-electron chi connectivity index (χ1n) is 7.38. The van der Waals surface area contributed by atoms with E-state index in [1.807, 2.05) is 43.0 Å². The highest BCUT2D eigenvalue weighted by Crippen LogP contribution is 2.14. The number of morpholine rings is 1. The van der Waals surface area contributed by atoms with E-state index in [9.17, 15) is 4.79 Å². The van der Waals surface area contributed by atoms with Crippen LogP contribution in [-0.2, 0) is 11.2 Å². The lowest BCUT2D eigenvalue weighted by Gasteiger charge is -2.34. The van der Waals surface area contributed by atoms with Gasteiger partial charge in [-0.05, 0) is 38.0 Å². The smallest absolute Gasteiger partial charge is 0.318 e. The minimum absolute atomic E-state index is 0.0128. The van der Waals surface area contributed by atoms with Gasteiger partial charge in [-0.1, -0.05) is 12.1 Å². The zero-order chi connectivity index (χ0) is 15.2. The SMILES string of the molecule is COc1cccc(C[C@@H](C)NC(=O)N2CCOC[C@H]2C)c1. The van der Waals surface area contributed by atoms with E-state index < -0.39 is 0 Å². The standard InChI is InChI=1S/C16H24N2O3/c1-12(9-14-5-4-6-15(10-14)20-3)17-16(19)18-7-8-21-11-13(18)2/h4-6,10,12-13H,7-9,11H2,1-3H3,(H,17,19)/t12-,13-/m1/s1. The largest absolute Gasteiger partial charge is 0.497 e. The molecule has 1 fully saturated rings. The van der Waals surface area contributed by atoms with Gasteiger partial charge in [-0.2, -0.15) is 0 Å². The van der Waals surface area contributed by atoms with Gasteiger partial charge in [-0.25, -0.2) is 4.79 Å². The van der Waals surface area contributed by atoms with Crippen LogP contribution in [-0.4, -0.2) is 49.9 Å². The van der Waals surface area contributed by atoms with Gasteiger partial charge in [0, 0.05) is 12.6 Å². The van der Waals surface area contributed by atoms with Gasteiger partial charge in [0.2, 0.25) is 0 Å². The van der Waals surface area contributed by atoms with Crippen molar-refractivity contribution in [3.8, 4) is 5.75 Å². The number of amides is 2. The molecule has 0 spiro atoms. The predicted molar refractivity (Wildman–Crippen MR) is 81.7 cm³/mol. The first-order chi connectivity index (χ1) is 10.1. The van der Waals surface area contributed by atoms with Gasteiger partial charge in [-0.3, -0.25) is 0 Å². The number of nitrogens with zero attached hydrogens (tertiary/aromatic N) is 1. The Morgan fingerprint density at radius 2 is 2.38 bits per heavy atom. The number of benzene rings is 1. The maximum atomic E-state index is 12.3. The zero-order valence-corrected chi connectivity index (χ0v) is 13.0. The number of carbonyl (C=O) groups is 1. The number of hydrogen-bond donors (Lipinski definition) is 1. The van der Waals surface area contributed by atoms with Crippen LogP contribution in [0.5, 0.6) is 5.75 Å². The molecule has 116 valence electrons. The van der Waals surface area contributed by atoms with E-state index in [0.29, 0.717) is 19.8 Å². The summed E-state index contributed by atoms with van der Waals surface area (Å²) in [5.41, 5.74) is 1.15. The quantitative estimate of drug-likeness (QED) is 0.924.